The minimum atomic E-state index is -3.86. The van der Waals surface area contributed by atoms with E-state index in [4.69, 9.17) is 10.1 Å². The summed E-state index contributed by atoms with van der Waals surface area (Å²) in [4.78, 5) is 24.4. The van der Waals surface area contributed by atoms with Gasteiger partial charge in [-0.3, -0.25) is 9.78 Å². The van der Waals surface area contributed by atoms with Gasteiger partial charge < -0.3 is 20.0 Å². The number of para-hydroxylation sites is 2. The molecule has 2 aliphatic heterocycles. The van der Waals surface area contributed by atoms with E-state index in [1.807, 2.05) is 49.1 Å². The van der Waals surface area contributed by atoms with Crippen LogP contribution in [0.25, 0.3) is 0 Å². The molecule has 41 heavy (non-hydrogen) atoms. The first-order valence-electron chi connectivity index (χ1n) is 13.8. The average Bonchev–Trinajstić information content (AvgIpc) is 2.98. The summed E-state index contributed by atoms with van der Waals surface area (Å²) in [5.74, 6) is -0.0830. The average molecular weight is 574 g/mol. The Morgan fingerprint density at radius 3 is 2.20 bits per heavy atom. The molecule has 214 valence electrons. The number of piperazine rings is 1. The molecule has 0 atom stereocenters. The Kier molecular flexibility index (Phi) is 8.15. The van der Waals surface area contributed by atoms with E-state index in [-0.39, 0.29) is 16.8 Å². The second-order valence-electron chi connectivity index (χ2n) is 10.6. The molecule has 0 radical (unpaired) electrons. The number of nitrogens with zero attached hydrogens (tertiary/aromatic N) is 5. The lowest BCUT2D eigenvalue weighted by Gasteiger charge is -2.37. The van der Waals surface area contributed by atoms with Gasteiger partial charge in [-0.05, 0) is 57.0 Å². The molecule has 3 heterocycles. The molecule has 0 saturated carbocycles. The first kappa shape index (κ1) is 28.4. The predicted molar refractivity (Wildman–Crippen MR) is 160 cm³/mol. The van der Waals surface area contributed by atoms with Crippen molar-refractivity contribution in [2.45, 2.75) is 37.6 Å². The number of piperidine rings is 1. The first-order valence-corrected chi connectivity index (χ1v) is 15.3. The number of carbonyl (C=O) groups is 1. The van der Waals surface area contributed by atoms with E-state index in [1.165, 1.54) is 6.07 Å². The molecule has 0 spiro atoms. The summed E-state index contributed by atoms with van der Waals surface area (Å²) in [6.07, 6.45) is 1.80. The van der Waals surface area contributed by atoms with Gasteiger partial charge in [-0.1, -0.05) is 24.3 Å². The van der Waals surface area contributed by atoms with E-state index in [9.17, 15) is 18.5 Å². The number of nitrogens with two attached hydrogens (primary N) is 1. The van der Waals surface area contributed by atoms with Crippen LogP contribution in [0.15, 0.2) is 59.5 Å². The van der Waals surface area contributed by atoms with E-state index in [1.54, 1.807) is 23.1 Å². The largest absolute Gasteiger partial charge is 0.381 e. The van der Waals surface area contributed by atoms with Crippen molar-refractivity contribution in [1.29, 1.82) is 5.26 Å². The molecular weight excluding hydrogens is 538 g/mol. The number of anilines is 3. The summed E-state index contributed by atoms with van der Waals surface area (Å²) in [7, 11) is -3.86. The number of nitrogens with one attached hydrogen (secondary N) is 1. The van der Waals surface area contributed by atoms with Gasteiger partial charge in [-0.15, -0.1) is 0 Å². The summed E-state index contributed by atoms with van der Waals surface area (Å²) in [6.45, 7) is 7.37. The van der Waals surface area contributed by atoms with E-state index >= 15 is 0 Å². The smallest absolute Gasteiger partial charge is 0.255 e. The highest BCUT2D eigenvalue weighted by Gasteiger charge is 2.28. The second kappa shape index (κ2) is 11.8. The molecule has 3 aromatic rings. The van der Waals surface area contributed by atoms with Crippen molar-refractivity contribution in [3.05, 3.63) is 77.1 Å². The van der Waals surface area contributed by atoms with E-state index in [0.717, 1.165) is 43.0 Å². The summed E-state index contributed by atoms with van der Waals surface area (Å²) < 4.78 is 24.1. The number of amides is 1. The molecule has 2 saturated heterocycles. The van der Waals surface area contributed by atoms with Crippen LogP contribution in [-0.2, 0) is 10.0 Å². The zero-order valence-electron chi connectivity index (χ0n) is 23.4. The van der Waals surface area contributed by atoms with Crippen LogP contribution in [0.1, 0.15) is 40.2 Å². The maximum atomic E-state index is 13.6. The molecule has 2 fully saturated rings. The van der Waals surface area contributed by atoms with Crippen molar-refractivity contribution in [1.82, 2.24) is 9.88 Å². The Hall–Kier alpha value is -4.14. The fourth-order valence-electron chi connectivity index (χ4n) is 5.70. The summed E-state index contributed by atoms with van der Waals surface area (Å²) in [5.41, 5.74) is 5.18. The van der Waals surface area contributed by atoms with Gasteiger partial charge in [0.2, 0.25) is 10.0 Å². The summed E-state index contributed by atoms with van der Waals surface area (Å²) in [6, 6.07) is 18.8. The fraction of sp³-hybridized carbons (Fsp3) is 0.367. The van der Waals surface area contributed by atoms with Gasteiger partial charge in [0.15, 0.2) is 0 Å². The molecule has 5 rings (SSSR count). The number of aromatic nitrogens is 1. The van der Waals surface area contributed by atoms with Crippen molar-refractivity contribution in [2.24, 2.45) is 5.14 Å². The van der Waals surface area contributed by atoms with Crippen molar-refractivity contribution in [3.63, 3.8) is 0 Å². The zero-order valence-corrected chi connectivity index (χ0v) is 24.2. The number of carbonyl (C=O) groups excluding carboxylic acids is 1. The second-order valence-corrected chi connectivity index (χ2v) is 12.1. The van der Waals surface area contributed by atoms with E-state index in [0.29, 0.717) is 48.7 Å². The van der Waals surface area contributed by atoms with Crippen molar-refractivity contribution >= 4 is 33.0 Å². The Morgan fingerprint density at radius 1 is 0.927 bits per heavy atom. The monoisotopic (exact) mass is 573 g/mol. The molecule has 3 N–H and O–H groups in total. The van der Waals surface area contributed by atoms with Crippen LogP contribution in [-0.4, -0.2) is 69.5 Å². The number of nitriles is 1. The number of hydrogen-bond acceptors (Lipinski definition) is 8. The number of primary sulfonamides is 1. The Bertz CT molecular complexity index is 1590. The van der Waals surface area contributed by atoms with Crippen molar-refractivity contribution < 1.29 is 13.2 Å². The zero-order chi connectivity index (χ0) is 29.1. The van der Waals surface area contributed by atoms with Crippen LogP contribution in [0.3, 0.4) is 0 Å². The van der Waals surface area contributed by atoms with Gasteiger partial charge >= 0.3 is 0 Å². The quantitative estimate of drug-likeness (QED) is 0.459. The third-order valence-electron chi connectivity index (χ3n) is 7.93. The minimum Gasteiger partial charge on any atom is -0.381 e. The third kappa shape index (κ3) is 6.14. The maximum absolute atomic E-state index is 13.6. The molecule has 2 aromatic carbocycles. The van der Waals surface area contributed by atoms with E-state index in [2.05, 4.69) is 16.3 Å². The molecular formula is C30H35N7O3S. The third-order valence-corrected chi connectivity index (χ3v) is 8.89. The van der Waals surface area contributed by atoms with Crippen LogP contribution in [0.5, 0.6) is 0 Å². The highest BCUT2D eigenvalue weighted by molar-refractivity contribution is 7.89. The number of benzene rings is 2. The maximum Gasteiger partial charge on any atom is 0.255 e. The molecule has 1 aromatic heterocycles. The number of hydrogen-bond donors (Lipinski definition) is 2. The number of aryl methyl sites for hydroxylation is 2. The molecule has 0 bridgehead atoms. The van der Waals surface area contributed by atoms with Crippen molar-refractivity contribution in [2.75, 3.05) is 54.4 Å². The lowest BCUT2D eigenvalue weighted by atomic mass is 10.0. The lowest BCUT2D eigenvalue weighted by Crippen LogP contribution is -2.49. The normalized spacial score (nSPS) is 16.4. The van der Waals surface area contributed by atoms with Crippen molar-refractivity contribution in [3.8, 4) is 6.07 Å². The Labute approximate surface area is 241 Å². The number of pyridine rings is 1. The molecule has 11 heteroatoms. The van der Waals surface area contributed by atoms with Gasteiger partial charge in [0.25, 0.3) is 5.91 Å². The SMILES string of the molecule is Cc1nc(C)c(C(=O)N2CCN(c3ccccc3S(N)(=O)=O)CC2)cc1NC1CCN(c2ccccc2C#N)CC1. The highest BCUT2D eigenvalue weighted by atomic mass is 32.2. The standard InChI is InChI=1S/C30H35N7O3S/c1-21-25(30(38)37-17-15-36(16-18-37)28-9-5-6-10-29(28)41(32,39)40)19-26(22(2)33-21)34-24-11-13-35(14-12-24)27-8-4-3-7-23(27)20-31/h3-10,19,24,34H,11-18H2,1-2H3,(H2,32,39,40). The van der Waals surface area contributed by atoms with Gasteiger partial charge in [0.1, 0.15) is 11.0 Å². The summed E-state index contributed by atoms with van der Waals surface area (Å²) in [5, 5.41) is 18.5. The van der Waals surface area contributed by atoms with Crippen LogP contribution >= 0.6 is 0 Å². The molecule has 0 aliphatic carbocycles. The van der Waals surface area contributed by atoms with Crippen LogP contribution in [0.2, 0.25) is 0 Å². The van der Waals surface area contributed by atoms with Crippen LogP contribution in [0, 0.1) is 25.2 Å². The lowest BCUT2D eigenvalue weighted by molar-refractivity contribution is 0.0745. The topological polar surface area (TPSA) is 136 Å². The van der Waals surface area contributed by atoms with Gasteiger partial charge in [0, 0.05) is 45.3 Å². The number of sulfonamides is 1. The molecule has 1 amide bonds. The first-order chi connectivity index (χ1) is 19.7. The fourth-order valence-corrected chi connectivity index (χ4v) is 6.45. The van der Waals surface area contributed by atoms with Gasteiger partial charge in [-0.25, -0.2) is 13.6 Å². The molecule has 2 aliphatic rings. The predicted octanol–water partition coefficient (Wildman–Crippen LogP) is 3.26. The Morgan fingerprint density at radius 2 is 1.54 bits per heavy atom. The van der Waals surface area contributed by atoms with Crippen LogP contribution < -0.4 is 20.3 Å². The molecule has 10 nitrogen and oxygen atoms in total. The highest BCUT2D eigenvalue weighted by Crippen LogP contribution is 2.28. The minimum absolute atomic E-state index is 0.0830. The molecule has 0 unspecified atom stereocenters. The van der Waals surface area contributed by atoms with Crippen LogP contribution in [0.4, 0.5) is 17.1 Å². The summed E-state index contributed by atoms with van der Waals surface area (Å²) >= 11 is 0. The van der Waals surface area contributed by atoms with E-state index < -0.39 is 10.0 Å². The number of rotatable bonds is 6. The van der Waals surface area contributed by atoms with Gasteiger partial charge in [-0.2, -0.15) is 5.26 Å². The Balaban J connectivity index is 1.24. The van der Waals surface area contributed by atoms with Gasteiger partial charge in [0.05, 0.1) is 39.6 Å².